The van der Waals surface area contributed by atoms with Gasteiger partial charge < -0.3 is 0 Å². The van der Waals surface area contributed by atoms with Crippen molar-refractivity contribution in [2.75, 3.05) is 0 Å². The molecule has 0 aliphatic carbocycles. The van der Waals surface area contributed by atoms with E-state index in [1.165, 1.54) is 0 Å². The Bertz CT molecular complexity index is 855. The first kappa shape index (κ1) is 17.7. The normalized spacial score (nSPS) is 12.2. The number of sulfonamides is 1. The smallest absolute Gasteiger partial charge is 0.240 e. The molecule has 2 rings (SSSR count). The van der Waals surface area contributed by atoms with Gasteiger partial charge in [-0.2, -0.15) is 5.26 Å². The summed E-state index contributed by atoms with van der Waals surface area (Å²) in [4.78, 5) is 12.4. The summed E-state index contributed by atoms with van der Waals surface area (Å²) < 4.78 is 26.7. The molecule has 24 heavy (non-hydrogen) atoms. The van der Waals surface area contributed by atoms with Crippen molar-refractivity contribution in [1.82, 2.24) is 4.72 Å². The summed E-state index contributed by atoms with van der Waals surface area (Å²) in [6.45, 7) is 1.83. The largest absolute Gasteiger partial charge is 0.273 e. The van der Waals surface area contributed by atoms with Gasteiger partial charge in [0.2, 0.25) is 15.9 Å². The lowest BCUT2D eigenvalue weighted by molar-refractivity contribution is -0.120. The van der Waals surface area contributed by atoms with Gasteiger partial charge in [0, 0.05) is 0 Å². The molecule has 0 fully saturated rings. The third-order valence-corrected chi connectivity index (χ3v) is 4.87. The zero-order chi connectivity index (χ0) is 17.6. The number of carbonyl (C=O) groups excluding carboxylic acids is 1. The Labute approximate surface area is 142 Å². The molecule has 5 nitrogen and oxygen atoms in total. The van der Waals surface area contributed by atoms with Crippen LogP contribution in [0.25, 0.3) is 0 Å². The van der Waals surface area contributed by atoms with Crippen LogP contribution in [-0.4, -0.2) is 14.3 Å². The summed E-state index contributed by atoms with van der Waals surface area (Å²) in [5, 5.41) is 9.04. The van der Waals surface area contributed by atoms with Crippen LogP contribution in [0.5, 0.6) is 0 Å². The van der Waals surface area contributed by atoms with Crippen molar-refractivity contribution in [3.8, 4) is 6.07 Å². The van der Waals surface area contributed by atoms with Crippen molar-refractivity contribution >= 4 is 15.9 Å². The summed E-state index contributed by atoms with van der Waals surface area (Å²) in [7, 11) is -3.88. The molecule has 0 spiro atoms. The minimum atomic E-state index is -3.88. The fraction of sp³-hybridized carbons (Fsp3) is 0.222. The Hall–Kier alpha value is -2.65. The Morgan fingerprint density at radius 2 is 1.75 bits per heavy atom. The highest BCUT2D eigenvalue weighted by atomic mass is 32.2. The third-order valence-electron chi connectivity index (χ3n) is 3.67. The van der Waals surface area contributed by atoms with Crippen molar-refractivity contribution in [1.29, 1.82) is 5.26 Å². The molecule has 0 aliphatic rings. The molecule has 1 amide bonds. The summed E-state index contributed by atoms with van der Waals surface area (Å²) in [5.74, 6) is -1.50. The number of nitrogens with zero attached hydrogens (tertiary/aromatic N) is 1. The Kier molecular flexibility index (Phi) is 5.72. The van der Waals surface area contributed by atoms with E-state index in [0.717, 1.165) is 5.56 Å². The molecule has 0 radical (unpaired) electrons. The molecule has 124 valence electrons. The maximum atomic E-state index is 12.4. The number of benzene rings is 2. The predicted octanol–water partition coefficient (Wildman–Crippen LogP) is 2.70. The van der Waals surface area contributed by atoms with Gasteiger partial charge in [-0.15, -0.1) is 0 Å². The fourth-order valence-corrected chi connectivity index (χ4v) is 3.66. The molecule has 0 saturated carbocycles. The van der Waals surface area contributed by atoms with E-state index in [-0.39, 0.29) is 5.56 Å². The van der Waals surface area contributed by atoms with E-state index in [9.17, 15) is 13.2 Å². The van der Waals surface area contributed by atoms with Crippen LogP contribution in [0.4, 0.5) is 0 Å². The summed E-state index contributed by atoms with van der Waals surface area (Å²) in [5.41, 5.74) is 1.42. The van der Waals surface area contributed by atoms with E-state index >= 15 is 0 Å². The van der Waals surface area contributed by atoms with Gasteiger partial charge >= 0.3 is 0 Å². The lowest BCUT2D eigenvalue weighted by Crippen LogP contribution is -2.35. The second-order valence-electron chi connectivity index (χ2n) is 5.37. The van der Waals surface area contributed by atoms with Crippen LogP contribution < -0.4 is 4.72 Å². The van der Waals surface area contributed by atoms with Gasteiger partial charge in [-0.25, -0.2) is 8.42 Å². The molecule has 0 saturated heterocycles. The van der Waals surface area contributed by atoms with Gasteiger partial charge in [-0.3, -0.25) is 9.52 Å². The predicted molar refractivity (Wildman–Crippen MR) is 91.4 cm³/mol. The molecule has 1 atom stereocenters. The third kappa shape index (κ3) is 4.43. The maximum Gasteiger partial charge on any atom is 0.240 e. The molecule has 0 bridgehead atoms. The van der Waals surface area contributed by atoms with Gasteiger partial charge in [0.1, 0.15) is 0 Å². The van der Waals surface area contributed by atoms with E-state index in [0.29, 0.717) is 12.0 Å². The average molecular weight is 342 g/mol. The van der Waals surface area contributed by atoms with Crippen LogP contribution in [0.2, 0.25) is 0 Å². The molecule has 0 unspecified atom stereocenters. The lowest BCUT2D eigenvalue weighted by atomic mass is 9.96. The summed E-state index contributed by atoms with van der Waals surface area (Å²) in [6.07, 6.45) is 0.486. The van der Waals surface area contributed by atoms with Gasteiger partial charge in [0.15, 0.2) is 0 Å². The Balaban J connectivity index is 2.16. The topological polar surface area (TPSA) is 87.0 Å². The molecule has 0 aliphatic heterocycles. The zero-order valence-electron chi connectivity index (χ0n) is 13.3. The van der Waals surface area contributed by atoms with Crippen molar-refractivity contribution in [2.24, 2.45) is 0 Å². The minimum absolute atomic E-state index is 0.283. The number of hydrogen-bond donors (Lipinski definition) is 1. The van der Waals surface area contributed by atoms with Crippen LogP contribution >= 0.6 is 0 Å². The van der Waals surface area contributed by atoms with Gasteiger partial charge in [-0.1, -0.05) is 55.5 Å². The van der Waals surface area contributed by atoms with Crippen molar-refractivity contribution in [3.05, 3.63) is 71.3 Å². The Morgan fingerprint density at radius 1 is 1.12 bits per heavy atom. The quantitative estimate of drug-likeness (QED) is 0.874. The molecule has 0 heterocycles. The van der Waals surface area contributed by atoms with Crippen molar-refractivity contribution in [3.63, 3.8) is 0 Å². The molecular formula is C18H18N2O3S. The first-order chi connectivity index (χ1) is 11.5. The van der Waals surface area contributed by atoms with Crippen LogP contribution in [0, 0.1) is 11.3 Å². The summed E-state index contributed by atoms with van der Waals surface area (Å²) in [6, 6.07) is 17.4. The van der Waals surface area contributed by atoms with Crippen LogP contribution in [-0.2, 0) is 20.6 Å². The van der Waals surface area contributed by atoms with E-state index < -0.39 is 27.6 Å². The summed E-state index contributed by atoms with van der Waals surface area (Å²) >= 11 is 0. The number of hydrogen-bond acceptors (Lipinski definition) is 4. The Morgan fingerprint density at radius 3 is 2.38 bits per heavy atom. The first-order valence-electron chi connectivity index (χ1n) is 7.54. The first-order valence-corrected chi connectivity index (χ1v) is 9.19. The van der Waals surface area contributed by atoms with E-state index in [1.54, 1.807) is 36.4 Å². The highest BCUT2D eigenvalue weighted by molar-refractivity contribution is 7.89. The molecule has 6 heteroatoms. The highest BCUT2D eigenvalue weighted by Gasteiger charge is 2.24. The van der Waals surface area contributed by atoms with E-state index in [2.05, 4.69) is 4.72 Å². The van der Waals surface area contributed by atoms with Crippen molar-refractivity contribution in [2.45, 2.75) is 25.0 Å². The number of carbonyl (C=O) groups is 1. The standard InChI is InChI=1S/C18H18N2O3S/c1-2-17(14-8-4-3-5-9-14)18(21)20-24(22,23)13-16-11-7-6-10-15(16)12-19/h3-11,17H,2,13H2,1H3,(H,20,21)/t17-/m1/s1. The van der Waals surface area contributed by atoms with Crippen molar-refractivity contribution < 1.29 is 13.2 Å². The zero-order valence-corrected chi connectivity index (χ0v) is 14.1. The van der Waals surface area contributed by atoms with Crippen LogP contribution in [0.3, 0.4) is 0 Å². The van der Waals surface area contributed by atoms with Gasteiger partial charge in [-0.05, 0) is 23.6 Å². The monoisotopic (exact) mass is 342 g/mol. The number of rotatable bonds is 6. The van der Waals surface area contributed by atoms with Crippen LogP contribution in [0.1, 0.15) is 36.0 Å². The lowest BCUT2D eigenvalue weighted by Gasteiger charge is -2.15. The van der Waals surface area contributed by atoms with Crippen LogP contribution in [0.15, 0.2) is 54.6 Å². The highest BCUT2D eigenvalue weighted by Crippen LogP contribution is 2.20. The fourth-order valence-electron chi connectivity index (χ4n) is 2.48. The van der Waals surface area contributed by atoms with E-state index in [1.807, 2.05) is 31.2 Å². The number of amides is 1. The SMILES string of the molecule is CC[C@@H](C(=O)NS(=O)(=O)Cc1ccccc1C#N)c1ccccc1. The molecule has 1 N–H and O–H groups in total. The van der Waals surface area contributed by atoms with Gasteiger partial charge in [0.25, 0.3) is 0 Å². The van der Waals surface area contributed by atoms with E-state index in [4.69, 9.17) is 5.26 Å². The average Bonchev–Trinajstić information content (AvgIpc) is 2.56. The second-order valence-corrected chi connectivity index (χ2v) is 7.09. The molecule has 0 aromatic heterocycles. The number of nitriles is 1. The second kappa shape index (κ2) is 7.75. The molecular weight excluding hydrogens is 324 g/mol. The van der Waals surface area contributed by atoms with Gasteiger partial charge in [0.05, 0.1) is 23.3 Å². The minimum Gasteiger partial charge on any atom is -0.273 e. The molecule has 2 aromatic carbocycles. The maximum absolute atomic E-state index is 12.4. The molecule has 2 aromatic rings. The number of nitrogens with one attached hydrogen (secondary N) is 1.